The Morgan fingerprint density at radius 2 is 1.38 bits per heavy atom. The maximum absolute atomic E-state index is 12.6. The number of carbonyl (C=O) groups is 3. The number of aliphatic hydroxyl groups excluding tert-OH is 2. The number of phosphoric ester groups is 1. The topological polar surface area (TPSA) is 192 Å². The van der Waals surface area contributed by atoms with Crippen molar-refractivity contribution in [2.24, 2.45) is 17.6 Å². The molecule has 0 spiro atoms. The molecule has 12 nitrogen and oxygen atoms in total. The largest absolute Gasteiger partial charge is 0.472 e. The minimum atomic E-state index is -4.46. The molecule has 1 unspecified atom stereocenters. The van der Waals surface area contributed by atoms with Crippen LogP contribution in [0.3, 0.4) is 0 Å². The number of Topliss-reactive ketones (excluding diaryl/α,β-unsaturated/α-hetero) is 1. The molecule has 1 saturated carbocycles. The smallest absolute Gasteiger partial charge is 0.462 e. The van der Waals surface area contributed by atoms with Crippen molar-refractivity contribution in [1.82, 2.24) is 0 Å². The van der Waals surface area contributed by atoms with Gasteiger partial charge in [0.05, 0.1) is 25.4 Å². The maximum Gasteiger partial charge on any atom is 0.472 e. The summed E-state index contributed by atoms with van der Waals surface area (Å²) in [6.07, 6.45) is 39.6. The third-order valence-electron chi connectivity index (χ3n) is 9.69. The normalized spacial score (nSPS) is 19.6. The minimum Gasteiger partial charge on any atom is -0.462 e. The van der Waals surface area contributed by atoms with Gasteiger partial charge < -0.3 is 30.3 Å². The first-order valence-electron chi connectivity index (χ1n) is 22.2. The van der Waals surface area contributed by atoms with Crippen LogP contribution in [0.2, 0.25) is 0 Å². The van der Waals surface area contributed by atoms with Gasteiger partial charge in [-0.15, -0.1) is 0 Å². The van der Waals surface area contributed by atoms with Crippen LogP contribution in [0.25, 0.3) is 0 Å². The molecule has 0 aromatic heterocycles. The van der Waals surface area contributed by atoms with E-state index in [0.29, 0.717) is 25.7 Å². The van der Waals surface area contributed by atoms with Crippen molar-refractivity contribution in [3.8, 4) is 0 Å². The van der Waals surface area contributed by atoms with Crippen molar-refractivity contribution in [2.45, 2.75) is 154 Å². The molecule has 0 saturated heterocycles. The summed E-state index contributed by atoms with van der Waals surface area (Å²) in [5, 5.41) is 20.7. The van der Waals surface area contributed by atoms with Crippen LogP contribution in [-0.2, 0) is 37.5 Å². The van der Waals surface area contributed by atoms with E-state index >= 15 is 0 Å². The third kappa shape index (κ3) is 29.9. The summed E-state index contributed by atoms with van der Waals surface area (Å²) in [5.41, 5.74) is 5.34. The SMILES string of the molecule is CC/C=C\C/C=C\C/C=C\C/C=C\C/C=C\C/C=C\CCC(=O)O[C@H](COC(=O)CCCCCC[C@H]1[C@@H](O)CC(=O)[C@@H]1/C=C/[C@@H](O)CCCCC)COP(=O)(O)OCCN. The Hall–Kier alpha value is -3.22. The molecular weight excluding hydrogens is 785 g/mol. The van der Waals surface area contributed by atoms with E-state index in [-0.39, 0.29) is 50.7 Å². The zero-order valence-corrected chi connectivity index (χ0v) is 37.3. The number of aliphatic hydroxyl groups is 2. The predicted molar refractivity (Wildman–Crippen MR) is 239 cm³/mol. The molecule has 1 aliphatic rings. The molecule has 5 N–H and O–H groups in total. The van der Waals surface area contributed by atoms with Crippen LogP contribution in [0.5, 0.6) is 0 Å². The number of hydrogen-bond donors (Lipinski definition) is 4. The van der Waals surface area contributed by atoms with Crippen molar-refractivity contribution < 1.29 is 52.6 Å². The summed E-state index contributed by atoms with van der Waals surface area (Å²) in [6.45, 7) is 3.13. The van der Waals surface area contributed by atoms with Crippen LogP contribution in [0.4, 0.5) is 0 Å². The van der Waals surface area contributed by atoms with Gasteiger partial charge in [-0.25, -0.2) is 4.57 Å². The highest BCUT2D eigenvalue weighted by molar-refractivity contribution is 7.47. The second kappa shape index (κ2) is 36.4. The minimum absolute atomic E-state index is 0.00285. The molecule has 0 heterocycles. The van der Waals surface area contributed by atoms with E-state index in [1.54, 1.807) is 12.2 Å². The van der Waals surface area contributed by atoms with Gasteiger partial charge in [0.1, 0.15) is 12.4 Å². The molecule has 1 rings (SSSR count). The van der Waals surface area contributed by atoms with Gasteiger partial charge in [-0.3, -0.25) is 23.4 Å². The van der Waals surface area contributed by atoms with E-state index in [4.69, 9.17) is 24.3 Å². The average Bonchev–Trinajstić information content (AvgIpc) is 3.49. The average molecular weight is 862 g/mol. The second-order valence-electron chi connectivity index (χ2n) is 15.0. The highest BCUT2D eigenvalue weighted by atomic mass is 31.2. The molecule has 13 heteroatoms. The molecule has 0 aromatic carbocycles. The van der Waals surface area contributed by atoms with E-state index < -0.39 is 50.6 Å². The maximum atomic E-state index is 12.6. The Morgan fingerprint density at radius 1 is 0.783 bits per heavy atom. The van der Waals surface area contributed by atoms with Crippen molar-refractivity contribution in [1.29, 1.82) is 0 Å². The highest BCUT2D eigenvalue weighted by Crippen LogP contribution is 2.43. The first-order chi connectivity index (χ1) is 29.0. The van der Waals surface area contributed by atoms with Gasteiger partial charge in [-0.1, -0.05) is 137 Å². The highest BCUT2D eigenvalue weighted by Gasteiger charge is 2.39. The van der Waals surface area contributed by atoms with E-state index in [1.165, 1.54) is 0 Å². The van der Waals surface area contributed by atoms with Crippen LogP contribution >= 0.6 is 7.82 Å². The van der Waals surface area contributed by atoms with Gasteiger partial charge in [0.15, 0.2) is 6.10 Å². The number of ketones is 1. The Bertz CT molecular complexity index is 1420. The number of rotatable bonds is 36. The number of allylic oxidation sites excluding steroid dienone is 13. The van der Waals surface area contributed by atoms with Gasteiger partial charge in [0, 0.05) is 31.7 Å². The van der Waals surface area contributed by atoms with Crippen molar-refractivity contribution in [2.75, 3.05) is 26.4 Å². The summed E-state index contributed by atoms with van der Waals surface area (Å²) < 4.78 is 32.7. The summed E-state index contributed by atoms with van der Waals surface area (Å²) in [7, 11) is -4.46. The van der Waals surface area contributed by atoms with Crippen molar-refractivity contribution in [3.05, 3.63) is 85.1 Å². The zero-order valence-electron chi connectivity index (χ0n) is 36.4. The quantitative estimate of drug-likeness (QED) is 0.0202. The summed E-state index contributed by atoms with van der Waals surface area (Å²) in [4.78, 5) is 47.6. The van der Waals surface area contributed by atoms with Gasteiger partial charge in [0.25, 0.3) is 0 Å². The van der Waals surface area contributed by atoms with Crippen LogP contribution in [0.15, 0.2) is 85.1 Å². The summed E-state index contributed by atoms with van der Waals surface area (Å²) in [5.74, 6) is -1.68. The van der Waals surface area contributed by atoms with Crippen LogP contribution in [0, 0.1) is 11.8 Å². The third-order valence-corrected chi connectivity index (χ3v) is 10.7. The Labute approximate surface area is 360 Å². The first kappa shape index (κ1) is 54.8. The monoisotopic (exact) mass is 862 g/mol. The summed E-state index contributed by atoms with van der Waals surface area (Å²) >= 11 is 0. The predicted octanol–water partition coefficient (Wildman–Crippen LogP) is 9.42. The molecule has 1 aliphatic carbocycles. The van der Waals surface area contributed by atoms with Gasteiger partial charge in [0.2, 0.25) is 0 Å². The Kier molecular flexibility index (Phi) is 33.3. The number of unbranched alkanes of at least 4 members (excludes halogenated alkanes) is 5. The number of nitrogens with two attached hydrogens (primary N) is 1. The lowest BCUT2D eigenvalue weighted by molar-refractivity contribution is -0.161. The number of carbonyl (C=O) groups excluding carboxylic acids is 3. The first-order valence-corrected chi connectivity index (χ1v) is 23.7. The van der Waals surface area contributed by atoms with Gasteiger partial charge in [-0.2, -0.15) is 0 Å². The fourth-order valence-electron chi connectivity index (χ4n) is 6.39. The Morgan fingerprint density at radius 3 is 1.98 bits per heavy atom. The number of esters is 2. The molecule has 0 aromatic rings. The standard InChI is InChI=1S/C47H76NO11P/c1-3-5-7-8-9-10-11-12-13-14-15-16-17-18-19-20-21-22-28-32-47(53)59-41(39-58-60(54,55)57-36-35-48)38-56-46(52)31-27-24-23-26-30-42-43(45(51)37-44(42)50)34-33-40(49)29-25-6-4-2/h5,7,9-10,12-13,15-16,18-19,21-22,33-34,40-44,49-50H,3-4,6,8,11,14,17,20,23-32,35-39,48H2,1-2H3,(H,54,55)/b7-5-,10-9-,13-12-,16-15-,19-18-,22-21-,34-33+/t40-,41+,42+,43+,44-/m0/s1. The van der Waals surface area contributed by atoms with Gasteiger partial charge in [-0.05, 0) is 70.1 Å². The zero-order chi connectivity index (χ0) is 44.1. The molecule has 60 heavy (non-hydrogen) atoms. The van der Waals surface area contributed by atoms with E-state index in [2.05, 4.69) is 74.6 Å². The molecule has 1 fully saturated rings. The van der Waals surface area contributed by atoms with Crippen LogP contribution in [-0.4, -0.2) is 77.5 Å². The van der Waals surface area contributed by atoms with E-state index in [1.807, 2.05) is 12.2 Å². The molecule has 6 atom stereocenters. The lowest BCUT2D eigenvalue weighted by Crippen LogP contribution is -2.29. The molecule has 340 valence electrons. The van der Waals surface area contributed by atoms with Crippen LogP contribution < -0.4 is 5.73 Å². The molecule has 0 radical (unpaired) electrons. The fraction of sp³-hybridized carbons (Fsp3) is 0.638. The molecule has 0 aliphatic heterocycles. The Balaban J connectivity index is 2.42. The molecular formula is C47H76NO11P. The number of hydrogen-bond acceptors (Lipinski definition) is 11. The van der Waals surface area contributed by atoms with Crippen LogP contribution in [0.1, 0.15) is 136 Å². The second-order valence-corrected chi connectivity index (χ2v) is 16.4. The molecule has 0 amide bonds. The number of ether oxygens (including phenoxy) is 2. The number of phosphoric acid groups is 1. The molecule has 0 bridgehead atoms. The lowest BCUT2D eigenvalue weighted by Gasteiger charge is -2.20. The summed E-state index contributed by atoms with van der Waals surface area (Å²) in [6, 6.07) is 0. The van der Waals surface area contributed by atoms with Crippen molar-refractivity contribution >= 4 is 25.5 Å². The van der Waals surface area contributed by atoms with E-state index in [9.17, 15) is 34.1 Å². The fourth-order valence-corrected chi connectivity index (χ4v) is 7.15. The lowest BCUT2D eigenvalue weighted by atomic mass is 9.88. The van der Waals surface area contributed by atoms with Gasteiger partial charge >= 0.3 is 19.8 Å². The van der Waals surface area contributed by atoms with Crippen molar-refractivity contribution in [3.63, 3.8) is 0 Å². The van der Waals surface area contributed by atoms with E-state index in [0.717, 1.165) is 77.0 Å².